The monoisotopic (exact) mass is 357 g/mol. The van der Waals surface area contributed by atoms with E-state index in [-0.39, 0.29) is 5.91 Å². The van der Waals surface area contributed by atoms with Gasteiger partial charge in [0.25, 0.3) is 0 Å². The van der Waals surface area contributed by atoms with E-state index >= 15 is 0 Å². The fourth-order valence-corrected chi connectivity index (χ4v) is 3.25. The second kappa shape index (κ2) is 6.55. The number of carbonyl (C=O) groups excluding carboxylic acids is 1. The van der Waals surface area contributed by atoms with Crippen molar-refractivity contribution in [3.63, 3.8) is 0 Å². The molecular weight excluding hydrogens is 346 g/mol. The number of amides is 1. The Kier molecular flexibility index (Phi) is 5.02. The molecule has 0 aliphatic carbocycles. The molecule has 0 fully saturated rings. The van der Waals surface area contributed by atoms with Gasteiger partial charge >= 0.3 is 0 Å². The van der Waals surface area contributed by atoms with Crippen LogP contribution >= 0.6 is 38.9 Å². The lowest BCUT2D eigenvalue weighted by atomic mass is 10.2. The number of hydrogen-bond acceptors (Lipinski definition) is 2. The van der Waals surface area contributed by atoms with Crippen molar-refractivity contribution in [1.82, 2.24) is 0 Å². The third-order valence-corrected chi connectivity index (χ3v) is 4.54. The quantitative estimate of drug-likeness (QED) is 0.771. The highest BCUT2D eigenvalue weighted by Crippen LogP contribution is 2.28. The van der Waals surface area contributed by atoms with Crippen LogP contribution in [0.4, 0.5) is 5.69 Å². The van der Waals surface area contributed by atoms with Crippen LogP contribution in [-0.2, 0) is 11.2 Å². The summed E-state index contributed by atoms with van der Waals surface area (Å²) in [5.74, 6) is 0.0672. The van der Waals surface area contributed by atoms with Gasteiger partial charge in [0.1, 0.15) is 0 Å². The van der Waals surface area contributed by atoms with Crippen LogP contribution in [0.2, 0.25) is 5.02 Å². The fraction of sp³-hybridized carbons (Fsp3) is 0.214. The van der Waals surface area contributed by atoms with Crippen molar-refractivity contribution in [1.29, 1.82) is 0 Å². The molecule has 19 heavy (non-hydrogen) atoms. The molecule has 1 heterocycles. The Morgan fingerprint density at radius 2 is 2.21 bits per heavy atom. The number of thiophene rings is 1. The summed E-state index contributed by atoms with van der Waals surface area (Å²) in [7, 11) is 1.76. The molecule has 0 bridgehead atoms. The van der Waals surface area contributed by atoms with Crippen molar-refractivity contribution in [3.8, 4) is 0 Å². The Morgan fingerprint density at radius 3 is 2.84 bits per heavy atom. The minimum absolute atomic E-state index is 0.0672. The molecule has 2 nitrogen and oxygen atoms in total. The van der Waals surface area contributed by atoms with Gasteiger partial charge < -0.3 is 4.90 Å². The van der Waals surface area contributed by atoms with Gasteiger partial charge in [0, 0.05) is 22.8 Å². The molecule has 0 unspecified atom stereocenters. The topological polar surface area (TPSA) is 20.3 Å². The molecule has 1 amide bonds. The molecule has 0 saturated carbocycles. The summed E-state index contributed by atoms with van der Waals surface area (Å²) in [6.07, 6.45) is 1.26. The van der Waals surface area contributed by atoms with E-state index in [2.05, 4.69) is 15.9 Å². The maximum absolute atomic E-state index is 12.1. The van der Waals surface area contributed by atoms with Gasteiger partial charge in [0.05, 0.1) is 10.7 Å². The lowest BCUT2D eigenvalue weighted by molar-refractivity contribution is -0.118. The van der Waals surface area contributed by atoms with Gasteiger partial charge in [-0.25, -0.2) is 0 Å². The fourth-order valence-electron chi connectivity index (χ4n) is 1.74. The van der Waals surface area contributed by atoms with Gasteiger partial charge in [-0.2, -0.15) is 0 Å². The number of anilines is 1. The van der Waals surface area contributed by atoms with Gasteiger partial charge in [0.15, 0.2) is 0 Å². The molecule has 0 aliphatic heterocycles. The predicted octanol–water partition coefficient (Wildman–Crippen LogP) is 4.76. The van der Waals surface area contributed by atoms with E-state index in [4.69, 9.17) is 11.6 Å². The normalized spacial score (nSPS) is 10.5. The molecule has 0 N–H and O–H groups in total. The number of aryl methyl sites for hydroxylation is 1. The van der Waals surface area contributed by atoms with Crippen molar-refractivity contribution in [2.75, 3.05) is 11.9 Å². The maximum Gasteiger partial charge on any atom is 0.227 e. The largest absolute Gasteiger partial charge is 0.314 e. The molecular formula is C14H13BrClNOS. The first-order valence-electron chi connectivity index (χ1n) is 5.82. The summed E-state index contributed by atoms with van der Waals surface area (Å²) in [6, 6.07) is 9.56. The Hall–Kier alpha value is -0.840. The van der Waals surface area contributed by atoms with E-state index in [0.29, 0.717) is 11.4 Å². The zero-order valence-electron chi connectivity index (χ0n) is 10.4. The predicted molar refractivity (Wildman–Crippen MR) is 85.2 cm³/mol. The molecule has 2 rings (SSSR count). The minimum atomic E-state index is 0.0672. The van der Waals surface area contributed by atoms with Crippen molar-refractivity contribution in [2.45, 2.75) is 12.8 Å². The van der Waals surface area contributed by atoms with Crippen LogP contribution in [0.3, 0.4) is 0 Å². The molecule has 100 valence electrons. The highest BCUT2D eigenvalue weighted by molar-refractivity contribution is 9.10. The first-order valence-corrected chi connectivity index (χ1v) is 7.87. The maximum atomic E-state index is 12.1. The van der Waals surface area contributed by atoms with Crippen LogP contribution < -0.4 is 4.90 Å². The number of carbonyl (C=O) groups is 1. The summed E-state index contributed by atoms with van der Waals surface area (Å²) >= 11 is 11.2. The van der Waals surface area contributed by atoms with Gasteiger partial charge in [0.2, 0.25) is 5.91 Å². The average Bonchev–Trinajstić information content (AvgIpc) is 2.88. The van der Waals surface area contributed by atoms with Crippen LogP contribution in [0.15, 0.2) is 40.2 Å². The minimum Gasteiger partial charge on any atom is -0.314 e. The Bertz CT molecular complexity index is 571. The van der Waals surface area contributed by atoms with Crippen molar-refractivity contribution in [3.05, 3.63) is 50.1 Å². The lowest BCUT2D eigenvalue weighted by Crippen LogP contribution is -2.26. The van der Waals surface area contributed by atoms with Gasteiger partial charge in [-0.3, -0.25) is 4.79 Å². The molecule has 0 spiro atoms. The van der Waals surface area contributed by atoms with Gasteiger partial charge in [-0.05, 0) is 36.1 Å². The van der Waals surface area contributed by atoms with Crippen molar-refractivity contribution < 1.29 is 4.79 Å². The summed E-state index contributed by atoms with van der Waals surface area (Å²) in [5.41, 5.74) is 0.737. The highest BCUT2D eigenvalue weighted by atomic mass is 79.9. The van der Waals surface area contributed by atoms with Crippen LogP contribution in [-0.4, -0.2) is 13.0 Å². The summed E-state index contributed by atoms with van der Waals surface area (Å²) in [5, 5.41) is 2.59. The Labute approximate surface area is 130 Å². The molecule has 0 saturated heterocycles. The number of halogens is 2. The number of benzene rings is 1. The van der Waals surface area contributed by atoms with E-state index in [1.807, 2.05) is 29.6 Å². The second-order valence-corrected chi connectivity index (χ2v) is 6.48. The molecule has 1 aromatic heterocycles. The summed E-state index contributed by atoms with van der Waals surface area (Å²) < 4.78 is 0.903. The van der Waals surface area contributed by atoms with Crippen LogP contribution in [0.1, 0.15) is 11.3 Å². The summed E-state index contributed by atoms with van der Waals surface area (Å²) in [4.78, 5) is 15.0. The van der Waals surface area contributed by atoms with E-state index in [1.54, 1.807) is 29.4 Å². The average molecular weight is 359 g/mol. The third kappa shape index (κ3) is 3.81. The SMILES string of the molecule is CN(C(=O)CCc1cccs1)c1ccc(Br)cc1Cl. The van der Waals surface area contributed by atoms with Crippen molar-refractivity contribution >= 4 is 50.5 Å². The lowest BCUT2D eigenvalue weighted by Gasteiger charge is -2.18. The zero-order chi connectivity index (χ0) is 13.8. The molecule has 1 aromatic carbocycles. The van der Waals surface area contributed by atoms with Crippen molar-refractivity contribution in [2.24, 2.45) is 0 Å². The van der Waals surface area contributed by atoms with Gasteiger partial charge in [-0.15, -0.1) is 11.3 Å². The van der Waals surface area contributed by atoms with E-state index in [9.17, 15) is 4.79 Å². The van der Waals surface area contributed by atoms with Crippen LogP contribution in [0.25, 0.3) is 0 Å². The highest BCUT2D eigenvalue weighted by Gasteiger charge is 2.14. The number of nitrogens with zero attached hydrogens (tertiary/aromatic N) is 1. The first-order chi connectivity index (χ1) is 9.08. The standard InChI is InChI=1S/C14H13BrClNOS/c1-17(13-6-4-10(15)9-12(13)16)14(18)7-5-11-3-2-8-19-11/h2-4,6,8-9H,5,7H2,1H3. The van der Waals surface area contributed by atoms with E-state index in [0.717, 1.165) is 16.6 Å². The molecule has 0 aliphatic rings. The van der Waals surface area contributed by atoms with E-state index < -0.39 is 0 Å². The number of rotatable bonds is 4. The Balaban J connectivity index is 2.02. The molecule has 5 heteroatoms. The molecule has 0 atom stereocenters. The smallest absolute Gasteiger partial charge is 0.227 e. The molecule has 2 aromatic rings. The Morgan fingerprint density at radius 1 is 1.42 bits per heavy atom. The number of hydrogen-bond donors (Lipinski definition) is 0. The first kappa shape index (κ1) is 14.6. The van der Waals surface area contributed by atoms with Crippen LogP contribution in [0, 0.1) is 0 Å². The second-order valence-electron chi connectivity index (χ2n) is 4.13. The van der Waals surface area contributed by atoms with Gasteiger partial charge in [-0.1, -0.05) is 33.6 Å². The van der Waals surface area contributed by atoms with E-state index in [1.165, 1.54) is 4.88 Å². The zero-order valence-corrected chi connectivity index (χ0v) is 13.6. The third-order valence-electron chi connectivity index (χ3n) is 2.81. The summed E-state index contributed by atoms with van der Waals surface area (Å²) in [6.45, 7) is 0. The molecule has 0 radical (unpaired) electrons. The van der Waals surface area contributed by atoms with Crippen LogP contribution in [0.5, 0.6) is 0 Å².